The predicted octanol–water partition coefficient (Wildman–Crippen LogP) is 1.70. The molecule has 6 nitrogen and oxygen atoms in total. The first-order chi connectivity index (χ1) is 11.4. The highest BCUT2D eigenvalue weighted by atomic mass is 19.1. The fourth-order valence-corrected chi connectivity index (χ4v) is 1.86. The van der Waals surface area contributed by atoms with Gasteiger partial charge in [0.1, 0.15) is 23.9 Å². The van der Waals surface area contributed by atoms with Gasteiger partial charge < -0.3 is 14.6 Å². The van der Waals surface area contributed by atoms with Crippen LogP contribution in [0, 0.1) is 11.6 Å². The summed E-state index contributed by atoms with van der Waals surface area (Å²) in [5.74, 6) is -3.62. The van der Waals surface area contributed by atoms with Gasteiger partial charge in [-0.1, -0.05) is 12.1 Å². The molecule has 1 aromatic carbocycles. The minimum Gasteiger partial charge on any atom is -0.451 e. The summed E-state index contributed by atoms with van der Waals surface area (Å²) in [6.07, 6.45) is 0.0965. The Kier molecular flexibility index (Phi) is 5.41. The summed E-state index contributed by atoms with van der Waals surface area (Å²) in [5.41, 5.74) is -1.02. The van der Waals surface area contributed by atoms with Crippen LogP contribution in [0.5, 0.6) is 0 Å². The second-order valence-corrected chi connectivity index (χ2v) is 4.88. The summed E-state index contributed by atoms with van der Waals surface area (Å²) in [6.45, 7) is 0.866. The molecule has 126 valence electrons. The van der Waals surface area contributed by atoms with Gasteiger partial charge in [0, 0.05) is 12.3 Å². The standard InChI is InChI=1S/C16H14F2N2O4/c1-10(16(23)19-15-11(17)5-4-6-12(15)18)24-14(22)9-20-8-3-2-7-13(20)21/h2-8,10H,9H2,1H3,(H,19,23)/t10-/m0/s1. The molecule has 1 N–H and O–H groups in total. The largest absolute Gasteiger partial charge is 0.451 e. The second-order valence-electron chi connectivity index (χ2n) is 4.88. The molecule has 24 heavy (non-hydrogen) atoms. The molecule has 1 aromatic heterocycles. The highest BCUT2D eigenvalue weighted by Gasteiger charge is 2.21. The van der Waals surface area contributed by atoms with Crippen molar-refractivity contribution in [3.05, 3.63) is 64.6 Å². The number of nitrogens with zero attached hydrogens (tertiary/aromatic N) is 1. The summed E-state index contributed by atoms with van der Waals surface area (Å²) in [7, 11) is 0. The van der Waals surface area contributed by atoms with E-state index in [4.69, 9.17) is 4.74 Å². The van der Waals surface area contributed by atoms with Crippen molar-refractivity contribution in [3.63, 3.8) is 0 Å². The van der Waals surface area contributed by atoms with E-state index in [2.05, 4.69) is 0 Å². The van der Waals surface area contributed by atoms with Gasteiger partial charge in [-0.3, -0.25) is 14.4 Å². The second kappa shape index (κ2) is 7.49. The van der Waals surface area contributed by atoms with Gasteiger partial charge in [-0.05, 0) is 25.1 Å². The molecular weight excluding hydrogens is 322 g/mol. The zero-order valence-electron chi connectivity index (χ0n) is 12.7. The molecule has 0 spiro atoms. The summed E-state index contributed by atoms with van der Waals surface area (Å²) >= 11 is 0. The lowest BCUT2D eigenvalue weighted by Crippen LogP contribution is -2.33. The van der Waals surface area contributed by atoms with Crippen molar-refractivity contribution < 1.29 is 23.1 Å². The number of esters is 1. The molecule has 0 aliphatic carbocycles. The highest BCUT2D eigenvalue weighted by Crippen LogP contribution is 2.18. The third kappa shape index (κ3) is 4.25. The third-order valence-electron chi connectivity index (χ3n) is 3.09. The van der Waals surface area contributed by atoms with Crippen LogP contribution in [0.25, 0.3) is 0 Å². The Bertz CT molecular complexity index is 799. The first-order valence-corrected chi connectivity index (χ1v) is 6.98. The SMILES string of the molecule is C[C@H](OC(=O)Cn1ccccc1=O)C(=O)Nc1c(F)cccc1F. The lowest BCUT2D eigenvalue weighted by Gasteiger charge is -2.14. The average Bonchev–Trinajstić information content (AvgIpc) is 2.53. The van der Waals surface area contributed by atoms with Crippen LogP contribution in [0.3, 0.4) is 0 Å². The normalized spacial score (nSPS) is 11.6. The molecule has 0 saturated heterocycles. The van der Waals surface area contributed by atoms with Crippen LogP contribution in [-0.4, -0.2) is 22.5 Å². The number of amides is 1. The van der Waals surface area contributed by atoms with Crippen molar-refractivity contribution in [3.8, 4) is 0 Å². The van der Waals surface area contributed by atoms with Crippen LogP contribution in [0.2, 0.25) is 0 Å². The maximum atomic E-state index is 13.5. The number of halogens is 2. The van der Waals surface area contributed by atoms with Crippen LogP contribution in [0.1, 0.15) is 6.92 Å². The fourth-order valence-electron chi connectivity index (χ4n) is 1.86. The molecule has 2 aromatic rings. The summed E-state index contributed by atoms with van der Waals surface area (Å²) in [4.78, 5) is 35.1. The van der Waals surface area contributed by atoms with Crippen LogP contribution in [0.4, 0.5) is 14.5 Å². The average molecular weight is 336 g/mol. The predicted molar refractivity (Wildman–Crippen MR) is 81.2 cm³/mol. The van der Waals surface area contributed by atoms with Gasteiger partial charge in [0.25, 0.3) is 11.5 Å². The van der Waals surface area contributed by atoms with Crippen molar-refractivity contribution >= 4 is 17.6 Å². The van der Waals surface area contributed by atoms with E-state index < -0.39 is 40.9 Å². The Balaban J connectivity index is 1.97. The molecule has 1 amide bonds. The van der Waals surface area contributed by atoms with Crippen molar-refractivity contribution in [2.45, 2.75) is 19.6 Å². The lowest BCUT2D eigenvalue weighted by molar-refractivity contribution is -0.153. The number of rotatable bonds is 5. The molecule has 8 heteroatoms. The molecule has 0 unspecified atom stereocenters. The fraction of sp³-hybridized carbons (Fsp3) is 0.188. The highest BCUT2D eigenvalue weighted by molar-refractivity contribution is 5.95. The molecule has 0 fully saturated rings. The third-order valence-corrected chi connectivity index (χ3v) is 3.09. The van der Waals surface area contributed by atoms with Gasteiger partial charge in [-0.15, -0.1) is 0 Å². The lowest BCUT2D eigenvalue weighted by atomic mass is 10.2. The number of hydrogen-bond donors (Lipinski definition) is 1. The van der Waals surface area contributed by atoms with E-state index in [-0.39, 0.29) is 6.54 Å². The monoisotopic (exact) mass is 336 g/mol. The van der Waals surface area contributed by atoms with E-state index in [9.17, 15) is 23.2 Å². The summed E-state index contributed by atoms with van der Waals surface area (Å²) in [5, 5.41) is 2.02. The molecule has 0 aliphatic rings. The van der Waals surface area contributed by atoms with E-state index in [0.717, 1.165) is 22.8 Å². The van der Waals surface area contributed by atoms with Gasteiger partial charge in [0.15, 0.2) is 6.10 Å². The quantitative estimate of drug-likeness (QED) is 0.843. The molecule has 1 atom stereocenters. The maximum Gasteiger partial charge on any atom is 0.326 e. The molecule has 0 bridgehead atoms. The summed E-state index contributed by atoms with van der Waals surface area (Å²) < 4.78 is 32.9. The van der Waals surface area contributed by atoms with Crippen LogP contribution in [-0.2, 0) is 20.9 Å². The molecule has 2 rings (SSSR count). The van der Waals surface area contributed by atoms with Gasteiger partial charge >= 0.3 is 5.97 Å². The van der Waals surface area contributed by atoms with Gasteiger partial charge in [0.05, 0.1) is 0 Å². The molecular formula is C16H14F2N2O4. The van der Waals surface area contributed by atoms with E-state index in [1.165, 1.54) is 25.3 Å². The van der Waals surface area contributed by atoms with E-state index >= 15 is 0 Å². The van der Waals surface area contributed by atoms with Crippen LogP contribution in [0.15, 0.2) is 47.4 Å². The van der Waals surface area contributed by atoms with Gasteiger partial charge in [-0.25, -0.2) is 8.78 Å². The number of carbonyl (C=O) groups is 2. The van der Waals surface area contributed by atoms with Gasteiger partial charge in [-0.2, -0.15) is 0 Å². The van der Waals surface area contributed by atoms with Crippen molar-refractivity contribution in [1.29, 1.82) is 0 Å². The Hall–Kier alpha value is -3.03. The zero-order chi connectivity index (χ0) is 17.7. The van der Waals surface area contributed by atoms with Crippen LogP contribution >= 0.6 is 0 Å². The Morgan fingerprint density at radius 1 is 1.17 bits per heavy atom. The Morgan fingerprint density at radius 3 is 2.46 bits per heavy atom. The number of aromatic nitrogens is 1. The zero-order valence-corrected chi connectivity index (χ0v) is 12.7. The summed E-state index contributed by atoms with van der Waals surface area (Å²) in [6, 6.07) is 7.47. The van der Waals surface area contributed by atoms with E-state index in [0.29, 0.717) is 0 Å². The number of anilines is 1. The van der Waals surface area contributed by atoms with Crippen LogP contribution < -0.4 is 10.9 Å². The van der Waals surface area contributed by atoms with Gasteiger partial charge in [0.2, 0.25) is 0 Å². The molecule has 0 saturated carbocycles. The minimum absolute atomic E-state index is 0.384. The van der Waals surface area contributed by atoms with E-state index in [1.807, 2.05) is 5.32 Å². The molecule has 0 radical (unpaired) electrons. The van der Waals surface area contributed by atoms with Crippen molar-refractivity contribution in [2.75, 3.05) is 5.32 Å². The topological polar surface area (TPSA) is 77.4 Å². The number of ether oxygens (including phenoxy) is 1. The number of nitrogens with one attached hydrogen (secondary N) is 1. The number of carbonyl (C=O) groups excluding carboxylic acids is 2. The first kappa shape index (κ1) is 17.3. The maximum absolute atomic E-state index is 13.5. The Labute approximate surface area is 135 Å². The Morgan fingerprint density at radius 2 is 1.83 bits per heavy atom. The number of benzene rings is 1. The molecule has 0 aliphatic heterocycles. The smallest absolute Gasteiger partial charge is 0.326 e. The number of para-hydroxylation sites is 1. The molecule has 1 heterocycles. The first-order valence-electron chi connectivity index (χ1n) is 6.98. The van der Waals surface area contributed by atoms with Crippen molar-refractivity contribution in [2.24, 2.45) is 0 Å². The number of pyridine rings is 1. The van der Waals surface area contributed by atoms with E-state index in [1.54, 1.807) is 6.07 Å². The number of hydrogen-bond acceptors (Lipinski definition) is 4. The minimum atomic E-state index is -1.30. The van der Waals surface area contributed by atoms with Crippen molar-refractivity contribution in [1.82, 2.24) is 4.57 Å².